The smallest absolute Gasteiger partial charge is 0.324 e. The van der Waals surface area contributed by atoms with Gasteiger partial charge in [-0.1, -0.05) is 29.3 Å². The second-order valence-corrected chi connectivity index (χ2v) is 9.22. The van der Waals surface area contributed by atoms with E-state index in [9.17, 15) is 22.8 Å². The van der Waals surface area contributed by atoms with Crippen LogP contribution in [0.5, 0.6) is 0 Å². The van der Waals surface area contributed by atoms with Crippen LogP contribution >= 0.6 is 11.6 Å². The molecule has 0 radical (unpaired) electrons. The van der Waals surface area contributed by atoms with Gasteiger partial charge in [-0.3, -0.25) is 14.4 Å². The Morgan fingerprint density at radius 3 is 2.25 bits per heavy atom. The zero-order valence-corrected chi connectivity index (χ0v) is 19.4. The highest BCUT2D eigenvalue weighted by atomic mass is 35.5. The number of rotatable bonds is 9. The highest BCUT2D eigenvalue weighted by molar-refractivity contribution is 7.89. The van der Waals surface area contributed by atoms with Crippen molar-refractivity contribution in [1.82, 2.24) is 9.62 Å². The van der Waals surface area contributed by atoms with Gasteiger partial charge in [0.25, 0.3) is 5.91 Å². The standard InChI is InChI=1S/C21H24ClN3O6S/c1-14-4-8-17(9-5-14)23-19(26)12-25(3)20(27)13-31-21(28)15(2)24-32(29,30)18-10-6-16(22)7-11-18/h4-11,15,24H,12-13H2,1-3H3,(H,23,26)/t15-/m0/s1. The number of anilines is 1. The van der Waals surface area contributed by atoms with Crippen molar-refractivity contribution >= 4 is 45.1 Å². The highest BCUT2D eigenvalue weighted by Gasteiger charge is 2.24. The number of hydrogen-bond acceptors (Lipinski definition) is 6. The number of carbonyl (C=O) groups excluding carboxylic acids is 3. The average molecular weight is 482 g/mol. The van der Waals surface area contributed by atoms with Crippen LogP contribution in [0.2, 0.25) is 5.02 Å². The fourth-order valence-electron chi connectivity index (χ4n) is 2.47. The largest absolute Gasteiger partial charge is 0.454 e. The lowest BCUT2D eigenvalue weighted by Crippen LogP contribution is -2.42. The summed E-state index contributed by atoms with van der Waals surface area (Å²) < 4.78 is 31.7. The average Bonchev–Trinajstić information content (AvgIpc) is 2.73. The molecule has 0 aromatic heterocycles. The van der Waals surface area contributed by atoms with E-state index in [4.69, 9.17) is 16.3 Å². The van der Waals surface area contributed by atoms with Gasteiger partial charge in [-0.05, 0) is 50.2 Å². The summed E-state index contributed by atoms with van der Waals surface area (Å²) in [7, 11) is -2.60. The van der Waals surface area contributed by atoms with E-state index in [-0.39, 0.29) is 11.4 Å². The fourth-order valence-corrected chi connectivity index (χ4v) is 3.79. The fraction of sp³-hybridized carbons (Fsp3) is 0.286. The topological polar surface area (TPSA) is 122 Å². The molecule has 2 rings (SSSR count). The van der Waals surface area contributed by atoms with Crippen molar-refractivity contribution < 1.29 is 27.5 Å². The van der Waals surface area contributed by atoms with Gasteiger partial charge in [-0.2, -0.15) is 4.72 Å². The van der Waals surface area contributed by atoms with Crippen LogP contribution in [0, 0.1) is 6.92 Å². The van der Waals surface area contributed by atoms with Crippen molar-refractivity contribution in [3.8, 4) is 0 Å². The van der Waals surface area contributed by atoms with Crippen molar-refractivity contribution in [3.05, 3.63) is 59.1 Å². The van der Waals surface area contributed by atoms with Crippen LogP contribution in [0.15, 0.2) is 53.4 Å². The minimum absolute atomic E-state index is 0.0723. The number of likely N-dealkylation sites (N-methyl/N-ethyl adjacent to an activating group) is 1. The second-order valence-electron chi connectivity index (χ2n) is 7.07. The molecule has 0 heterocycles. The molecule has 32 heavy (non-hydrogen) atoms. The van der Waals surface area contributed by atoms with Gasteiger partial charge < -0.3 is 15.0 Å². The van der Waals surface area contributed by atoms with Gasteiger partial charge in [0.15, 0.2) is 6.61 Å². The molecule has 172 valence electrons. The Morgan fingerprint density at radius 2 is 1.66 bits per heavy atom. The van der Waals surface area contributed by atoms with Gasteiger partial charge in [0, 0.05) is 17.8 Å². The maximum absolute atomic E-state index is 12.3. The van der Waals surface area contributed by atoms with Crippen molar-refractivity contribution in [1.29, 1.82) is 0 Å². The van der Waals surface area contributed by atoms with Crippen LogP contribution in [0.1, 0.15) is 12.5 Å². The molecule has 0 saturated heterocycles. The van der Waals surface area contributed by atoms with E-state index in [1.807, 2.05) is 19.1 Å². The Kier molecular flexibility index (Phi) is 8.76. The summed E-state index contributed by atoms with van der Waals surface area (Å²) in [5.41, 5.74) is 1.64. The SMILES string of the molecule is Cc1ccc(NC(=O)CN(C)C(=O)COC(=O)[C@H](C)NS(=O)(=O)c2ccc(Cl)cc2)cc1. The third kappa shape index (κ3) is 7.63. The van der Waals surface area contributed by atoms with Gasteiger partial charge in [0.2, 0.25) is 15.9 Å². The molecule has 0 bridgehead atoms. The van der Waals surface area contributed by atoms with E-state index in [0.29, 0.717) is 10.7 Å². The third-order valence-electron chi connectivity index (χ3n) is 4.29. The zero-order chi connectivity index (χ0) is 23.9. The van der Waals surface area contributed by atoms with Gasteiger partial charge in [0.1, 0.15) is 6.04 Å². The minimum atomic E-state index is -3.98. The van der Waals surface area contributed by atoms with Crippen molar-refractivity contribution in [3.63, 3.8) is 0 Å². The maximum atomic E-state index is 12.3. The summed E-state index contributed by atoms with van der Waals surface area (Å²) >= 11 is 5.74. The van der Waals surface area contributed by atoms with E-state index in [1.54, 1.807) is 12.1 Å². The number of nitrogens with one attached hydrogen (secondary N) is 2. The maximum Gasteiger partial charge on any atom is 0.324 e. The Morgan fingerprint density at radius 1 is 1.06 bits per heavy atom. The van der Waals surface area contributed by atoms with E-state index >= 15 is 0 Å². The summed E-state index contributed by atoms with van der Waals surface area (Å²) in [6.45, 7) is 2.32. The number of ether oxygens (including phenoxy) is 1. The number of nitrogens with zero attached hydrogens (tertiary/aromatic N) is 1. The Balaban J connectivity index is 1.81. The summed E-state index contributed by atoms with van der Waals surface area (Å²) in [6.07, 6.45) is 0. The van der Waals surface area contributed by atoms with E-state index in [1.165, 1.54) is 38.2 Å². The molecule has 2 N–H and O–H groups in total. The first kappa shape index (κ1) is 25.3. The first-order chi connectivity index (χ1) is 15.0. The monoisotopic (exact) mass is 481 g/mol. The number of amides is 2. The highest BCUT2D eigenvalue weighted by Crippen LogP contribution is 2.14. The van der Waals surface area contributed by atoms with Crippen molar-refractivity contribution in [2.24, 2.45) is 0 Å². The molecule has 0 aliphatic carbocycles. The van der Waals surface area contributed by atoms with Crippen LogP contribution in [0.4, 0.5) is 5.69 Å². The van der Waals surface area contributed by atoms with Gasteiger partial charge in [-0.15, -0.1) is 0 Å². The first-order valence-electron chi connectivity index (χ1n) is 9.53. The van der Waals surface area contributed by atoms with Crippen LogP contribution in [0.25, 0.3) is 0 Å². The lowest BCUT2D eigenvalue weighted by Gasteiger charge is -2.18. The predicted molar refractivity (Wildman–Crippen MR) is 120 cm³/mol. The molecule has 0 aliphatic heterocycles. The van der Waals surface area contributed by atoms with Crippen molar-refractivity contribution in [2.45, 2.75) is 24.8 Å². The Hall–Kier alpha value is -2.95. The number of carbonyl (C=O) groups is 3. The van der Waals surface area contributed by atoms with Crippen LogP contribution < -0.4 is 10.0 Å². The molecule has 1 atom stereocenters. The molecule has 0 spiro atoms. The number of halogens is 1. The molecule has 2 aromatic carbocycles. The number of sulfonamides is 1. The molecule has 2 amide bonds. The molecule has 0 saturated carbocycles. The molecule has 0 aliphatic rings. The summed E-state index contributed by atoms with van der Waals surface area (Å²) in [5.74, 6) is -1.97. The Labute approximate surface area is 191 Å². The molecular weight excluding hydrogens is 458 g/mol. The number of aryl methyl sites for hydroxylation is 1. The lowest BCUT2D eigenvalue weighted by atomic mass is 10.2. The lowest BCUT2D eigenvalue weighted by molar-refractivity contribution is -0.152. The molecule has 2 aromatic rings. The summed E-state index contributed by atoms with van der Waals surface area (Å²) in [6, 6.07) is 11.3. The molecule has 11 heteroatoms. The summed E-state index contributed by atoms with van der Waals surface area (Å²) in [5, 5.41) is 3.02. The van der Waals surface area contributed by atoms with E-state index in [0.717, 1.165) is 10.5 Å². The second kappa shape index (κ2) is 11.1. The van der Waals surface area contributed by atoms with Crippen LogP contribution in [0.3, 0.4) is 0 Å². The molecule has 0 unspecified atom stereocenters. The minimum Gasteiger partial charge on any atom is -0.454 e. The van der Waals surface area contributed by atoms with Crippen LogP contribution in [-0.4, -0.2) is 57.3 Å². The van der Waals surface area contributed by atoms with Gasteiger partial charge >= 0.3 is 5.97 Å². The zero-order valence-electron chi connectivity index (χ0n) is 17.8. The van der Waals surface area contributed by atoms with Gasteiger partial charge in [0.05, 0.1) is 11.4 Å². The summed E-state index contributed by atoms with van der Waals surface area (Å²) in [4.78, 5) is 37.4. The number of benzene rings is 2. The van der Waals surface area contributed by atoms with E-state index in [2.05, 4.69) is 10.0 Å². The quantitative estimate of drug-likeness (QED) is 0.528. The van der Waals surface area contributed by atoms with Gasteiger partial charge in [-0.25, -0.2) is 8.42 Å². The van der Waals surface area contributed by atoms with Crippen LogP contribution in [-0.2, 0) is 29.1 Å². The number of hydrogen-bond donors (Lipinski definition) is 2. The predicted octanol–water partition coefficient (Wildman–Crippen LogP) is 1.96. The third-order valence-corrected chi connectivity index (χ3v) is 6.10. The van der Waals surface area contributed by atoms with E-state index < -0.39 is 40.5 Å². The van der Waals surface area contributed by atoms with Crippen molar-refractivity contribution in [2.75, 3.05) is 25.5 Å². The number of esters is 1. The Bertz CT molecular complexity index is 1070. The molecular formula is C21H24ClN3O6S. The first-order valence-corrected chi connectivity index (χ1v) is 11.4. The molecule has 9 nitrogen and oxygen atoms in total. The normalized spacial score (nSPS) is 12.0. The molecule has 0 fully saturated rings.